The van der Waals surface area contributed by atoms with Gasteiger partial charge in [-0.1, -0.05) is 11.3 Å². The molecule has 7 heteroatoms. The van der Waals surface area contributed by atoms with E-state index in [9.17, 15) is 4.79 Å². The third-order valence-corrected chi connectivity index (χ3v) is 4.95. The van der Waals surface area contributed by atoms with Crippen LogP contribution in [0, 0.1) is 0 Å². The topological polar surface area (TPSA) is 69.7 Å². The lowest BCUT2D eigenvalue weighted by molar-refractivity contribution is -0.116. The number of thiazole rings is 1. The summed E-state index contributed by atoms with van der Waals surface area (Å²) in [5.74, 6) is 1.44. The molecular formula is C16H18N2O4S. The summed E-state index contributed by atoms with van der Waals surface area (Å²) in [6, 6.07) is 3.78. The molecule has 1 amide bonds. The predicted molar refractivity (Wildman–Crippen MR) is 87.4 cm³/mol. The molecule has 0 spiro atoms. The molecule has 1 N–H and O–H groups in total. The molecule has 23 heavy (non-hydrogen) atoms. The van der Waals surface area contributed by atoms with E-state index in [1.165, 1.54) is 11.3 Å². The van der Waals surface area contributed by atoms with E-state index in [4.69, 9.17) is 14.2 Å². The number of aromatic nitrogens is 1. The van der Waals surface area contributed by atoms with Gasteiger partial charge in [-0.15, -0.1) is 0 Å². The van der Waals surface area contributed by atoms with Gasteiger partial charge in [-0.05, 0) is 19.3 Å². The molecule has 0 aliphatic carbocycles. The van der Waals surface area contributed by atoms with Crippen LogP contribution in [-0.2, 0) is 9.53 Å². The minimum absolute atomic E-state index is 0.0168. The van der Waals surface area contributed by atoms with Gasteiger partial charge >= 0.3 is 0 Å². The molecular weight excluding hydrogens is 316 g/mol. The molecule has 1 aromatic heterocycles. The van der Waals surface area contributed by atoms with E-state index in [1.807, 2.05) is 12.1 Å². The zero-order valence-electron chi connectivity index (χ0n) is 12.7. The van der Waals surface area contributed by atoms with Crippen LogP contribution in [0.2, 0.25) is 0 Å². The summed E-state index contributed by atoms with van der Waals surface area (Å²) in [6.45, 7) is 1.93. The largest absolute Gasteiger partial charge is 0.486 e. The van der Waals surface area contributed by atoms with Gasteiger partial charge in [0.15, 0.2) is 16.6 Å². The maximum Gasteiger partial charge on any atom is 0.226 e. The molecule has 2 aromatic rings. The van der Waals surface area contributed by atoms with Crippen LogP contribution in [0.5, 0.6) is 11.5 Å². The molecule has 3 heterocycles. The summed E-state index contributed by atoms with van der Waals surface area (Å²) in [6.07, 6.45) is 3.62. The van der Waals surface area contributed by atoms with Crippen LogP contribution in [0.4, 0.5) is 5.13 Å². The highest BCUT2D eigenvalue weighted by atomic mass is 32.1. The number of nitrogens with zero attached hydrogens (tertiary/aromatic N) is 1. The lowest BCUT2D eigenvalue weighted by Crippen LogP contribution is -2.15. The monoisotopic (exact) mass is 334 g/mol. The van der Waals surface area contributed by atoms with Crippen molar-refractivity contribution >= 4 is 32.6 Å². The number of carbonyl (C=O) groups excluding carboxylic acids is 1. The van der Waals surface area contributed by atoms with Crippen molar-refractivity contribution in [1.82, 2.24) is 4.98 Å². The van der Waals surface area contributed by atoms with Gasteiger partial charge in [0.1, 0.15) is 13.2 Å². The van der Waals surface area contributed by atoms with E-state index in [0.29, 0.717) is 30.5 Å². The van der Waals surface area contributed by atoms with E-state index >= 15 is 0 Å². The lowest BCUT2D eigenvalue weighted by Gasteiger charge is -2.17. The Balaban J connectivity index is 1.43. The fourth-order valence-electron chi connectivity index (χ4n) is 2.86. The first-order chi connectivity index (χ1) is 11.3. The normalized spacial score (nSPS) is 19.9. The van der Waals surface area contributed by atoms with Gasteiger partial charge in [-0.3, -0.25) is 4.79 Å². The van der Waals surface area contributed by atoms with E-state index in [1.54, 1.807) is 0 Å². The van der Waals surface area contributed by atoms with E-state index < -0.39 is 0 Å². The van der Waals surface area contributed by atoms with Crippen LogP contribution in [-0.4, -0.2) is 36.8 Å². The Kier molecular flexibility index (Phi) is 4.05. The molecule has 1 unspecified atom stereocenters. The Morgan fingerprint density at radius 3 is 2.87 bits per heavy atom. The van der Waals surface area contributed by atoms with Gasteiger partial charge in [0.25, 0.3) is 0 Å². The molecule has 1 saturated heterocycles. The summed E-state index contributed by atoms with van der Waals surface area (Å²) in [5, 5.41) is 3.49. The number of rotatable bonds is 4. The minimum Gasteiger partial charge on any atom is -0.486 e. The van der Waals surface area contributed by atoms with Crippen molar-refractivity contribution in [2.45, 2.75) is 31.8 Å². The van der Waals surface area contributed by atoms with Crippen LogP contribution in [0.25, 0.3) is 10.2 Å². The Morgan fingerprint density at radius 1 is 1.26 bits per heavy atom. The Bertz CT molecular complexity index is 681. The number of fused-ring (bicyclic) bond motifs is 2. The fraction of sp³-hybridized carbons (Fsp3) is 0.500. The predicted octanol–water partition coefficient (Wildman–Crippen LogP) is 2.97. The van der Waals surface area contributed by atoms with Gasteiger partial charge in [0.2, 0.25) is 5.91 Å². The maximum atomic E-state index is 12.1. The summed E-state index contributed by atoms with van der Waals surface area (Å²) in [4.78, 5) is 16.5. The molecule has 4 rings (SSSR count). The second-order valence-corrected chi connectivity index (χ2v) is 6.74. The molecule has 6 nitrogen and oxygen atoms in total. The van der Waals surface area contributed by atoms with Gasteiger partial charge in [-0.2, -0.15) is 0 Å². The zero-order valence-corrected chi connectivity index (χ0v) is 13.5. The van der Waals surface area contributed by atoms with Crippen molar-refractivity contribution in [3.8, 4) is 11.5 Å². The molecule has 0 saturated carbocycles. The first-order valence-electron chi connectivity index (χ1n) is 7.89. The smallest absolute Gasteiger partial charge is 0.226 e. The van der Waals surface area contributed by atoms with Gasteiger partial charge in [0.05, 0.1) is 16.3 Å². The van der Waals surface area contributed by atoms with Crippen LogP contribution in [0.3, 0.4) is 0 Å². The molecule has 0 bridgehead atoms. The minimum atomic E-state index is -0.0168. The summed E-state index contributed by atoms with van der Waals surface area (Å²) >= 11 is 1.45. The van der Waals surface area contributed by atoms with Crippen molar-refractivity contribution in [3.63, 3.8) is 0 Å². The molecule has 2 aliphatic rings. The first-order valence-corrected chi connectivity index (χ1v) is 8.71. The highest BCUT2D eigenvalue weighted by molar-refractivity contribution is 7.22. The molecule has 0 radical (unpaired) electrons. The number of nitrogens with one attached hydrogen (secondary N) is 1. The highest BCUT2D eigenvalue weighted by Crippen LogP contribution is 2.37. The molecule has 2 aliphatic heterocycles. The van der Waals surface area contributed by atoms with Crippen LogP contribution < -0.4 is 14.8 Å². The van der Waals surface area contributed by atoms with E-state index in [2.05, 4.69) is 10.3 Å². The van der Waals surface area contributed by atoms with Crippen LogP contribution >= 0.6 is 11.3 Å². The number of amides is 1. The Morgan fingerprint density at radius 2 is 2.09 bits per heavy atom. The number of ether oxygens (including phenoxy) is 3. The quantitative estimate of drug-likeness (QED) is 0.931. The standard InChI is InChI=1S/C16H18N2O4S/c19-15(4-3-10-2-1-5-20-10)18-16-17-11-8-12-13(9-14(11)23-16)22-7-6-21-12/h8-10H,1-7H2,(H,17,18,19). The molecule has 1 fully saturated rings. The van der Waals surface area contributed by atoms with E-state index in [-0.39, 0.29) is 12.0 Å². The maximum absolute atomic E-state index is 12.1. The zero-order chi connectivity index (χ0) is 15.6. The average molecular weight is 334 g/mol. The summed E-state index contributed by atoms with van der Waals surface area (Å²) in [5.41, 5.74) is 0.814. The highest BCUT2D eigenvalue weighted by Gasteiger charge is 2.18. The summed E-state index contributed by atoms with van der Waals surface area (Å²) < 4.78 is 17.6. The van der Waals surface area contributed by atoms with Crippen molar-refractivity contribution in [2.24, 2.45) is 0 Å². The first kappa shape index (κ1) is 14.7. The van der Waals surface area contributed by atoms with Crippen molar-refractivity contribution in [3.05, 3.63) is 12.1 Å². The third-order valence-electron chi connectivity index (χ3n) is 4.02. The summed E-state index contributed by atoms with van der Waals surface area (Å²) in [7, 11) is 0. The van der Waals surface area contributed by atoms with Crippen molar-refractivity contribution < 1.29 is 19.0 Å². The Hall–Kier alpha value is -1.86. The molecule has 1 atom stereocenters. The molecule has 122 valence electrons. The number of hydrogen-bond donors (Lipinski definition) is 1. The van der Waals surface area contributed by atoms with Gasteiger partial charge in [0, 0.05) is 25.2 Å². The Labute approximate surface area is 137 Å². The molecule has 1 aromatic carbocycles. The van der Waals surface area contributed by atoms with Crippen molar-refractivity contribution in [1.29, 1.82) is 0 Å². The van der Waals surface area contributed by atoms with Gasteiger partial charge < -0.3 is 19.5 Å². The number of anilines is 1. The SMILES string of the molecule is O=C(CCC1CCCO1)Nc1nc2cc3c(cc2s1)OCCO3. The average Bonchev–Trinajstić information content (AvgIpc) is 3.19. The third kappa shape index (κ3) is 3.25. The van der Waals surface area contributed by atoms with Crippen molar-refractivity contribution in [2.75, 3.05) is 25.1 Å². The lowest BCUT2D eigenvalue weighted by atomic mass is 10.1. The fourth-order valence-corrected chi connectivity index (χ4v) is 3.76. The van der Waals surface area contributed by atoms with Crippen LogP contribution in [0.15, 0.2) is 12.1 Å². The number of carbonyl (C=O) groups is 1. The second kappa shape index (κ2) is 6.33. The number of hydrogen-bond acceptors (Lipinski definition) is 6. The van der Waals surface area contributed by atoms with Gasteiger partial charge in [-0.25, -0.2) is 4.98 Å². The number of benzene rings is 1. The van der Waals surface area contributed by atoms with Crippen LogP contribution in [0.1, 0.15) is 25.7 Å². The second-order valence-electron chi connectivity index (χ2n) is 5.70. The van der Waals surface area contributed by atoms with E-state index in [0.717, 1.165) is 41.8 Å².